The van der Waals surface area contributed by atoms with Gasteiger partial charge in [-0.1, -0.05) is 12.1 Å². The number of pyridine rings is 2. The standard InChI is InChI=1S/C28H25F3N6O/c1-35-10-12-36(13-11-35)25-8-6-20(15-22(25)28(29,30)31)37(2)26-21-14-18(19-4-3-9-32-16-19)5-7-23(21)33-17-24(26)34-27(37)38/h3-9,14-17H,10-13H2,1-2H3/p+1. The molecule has 7 nitrogen and oxygen atoms in total. The molecular weight excluding hydrogens is 493 g/mol. The Morgan fingerprint density at radius 1 is 0.974 bits per heavy atom. The van der Waals surface area contributed by atoms with Gasteiger partial charge in [-0.25, -0.2) is 4.79 Å². The van der Waals surface area contributed by atoms with E-state index in [2.05, 4.69) is 20.2 Å². The molecule has 0 bridgehead atoms. The summed E-state index contributed by atoms with van der Waals surface area (Å²) >= 11 is 0. The van der Waals surface area contributed by atoms with E-state index in [0.29, 0.717) is 48.5 Å². The van der Waals surface area contributed by atoms with Crippen molar-refractivity contribution in [2.75, 3.05) is 50.5 Å². The molecule has 2 aliphatic heterocycles. The number of likely N-dealkylation sites (N-methyl/N-ethyl adjacent to an activating group) is 1. The quantitative estimate of drug-likeness (QED) is 0.343. The molecule has 6 rings (SSSR count). The number of aromatic nitrogens is 2. The van der Waals surface area contributed by atoms with Crippen LogP contribution in [-0.2, 0) is 6.18 Å². The number of carbonyl (C=O) groups excluding carboxylic acids is 1. The number of anilines is 2. The minimum atomic E-state index is -4.58. The van der Waals surface area contributed by atoms with Crippen LogP contribution in [-0.4, -0.2) is 61.2 Å². The highest BCUT2D eigenvalue weighted by atomic mass is 19.4. The van der Waals surface area contributed by atoms with Gasteiger partial charge >= 0.3 is 12.2 Å². The van der Waals surface area contributed by atoms with E-state index >= 15 is 0 Å². The number of quaternary nitrogens is 1. The van der Waals surface area contributed by atoms with Gasteiger partial charge in [-0.2, -0.15) is 17.7 Å². The maximum atomic E-state index is 14.4. The largest absolute Gasteiger partial charge is 0.431 e. The Labute approximate surface area is 217 Å². The third kappa shape index (κ3) is 3.88. The predicted molar refractivity (Wildman–Crippen MR) is 143 cm³/mol. The first-order valence-corrected chi connectivity index (χ1v) is 12.3. The summed E-state index contributed by atoms with van der Waals surface area (Å²) in [6.07, 6.45) is 0.402. The molecule has 1 N–H and O–H groups in total. The van der Waals surface area contributed by atoms with Gasteiger partial charge in [0.15, 0.2) is 5.69 Å². The average molecular weight is 520 g/mol. The molecule has 0 spiro atoms. The van der Waals surface area contributed by atoms with E-state index in [4.69, 9.17) is 0 Å². The first kappa shape index (κ1) is 24.3. The van der Waals surface area contributed by atoms with Crippen LogP contribution in [0.3, 0.4) is 0 Å². The van der Waals surface area contributed by atoms with Crippen LogP contribution in [0.5, 0.6) is 0 Å². The molecule has 1 unspecified atom stereocenters. The van der Waals surface area contributed by atoms with Gasteiger partial charge in [0, 0.05) is 62.0 Å². The molecule has 0 aliphatic carbocycles. The smallest absolute Gasteiger partial charge is 0.368 e. The van der Waals surface area contributed by atoms with Crippen molar-refractivity contribution in [1.82, 2.24) is 19.4 Å². The Morgan fingerprint density at radius 3 is 2.47 bits per heavy atom. The second kappa shape index (κ2) is 8.78. The van der Waals surface area contributed by atoms with Gasteiger partial charge in [-0.3, -0.25) is 15.3 Å². The second-order valence-corrected chi connectivity index (χ2v) is 9.92. The summed E-state index contributed by atoms with van der Waals surface area (Å²) in [5, 5.41) is 3.52. The van der Waals surface area contributed by atoms with Crippen molar-refractivity contribution in [3.63, 3.8) is 0 Å². The first-order valence-electron chi connectivity index (χ1n) is 12.3. The molecule has 1 fully saturated rings. The number of hydrogen-bond acceptors (Lipinski definition) is 5. The molecule has 2 aromatic carbocycles. The van der Waals surface area contributed by atoms with Gasteiger partial charge in [0.05, 0.1) is 29.7 Å². The fourth-order valence-electron chi connectivity index (χ4n) is 5.39. The molecule has 194 valence electrons. The van der Waals surface area contributed by atoms with E-state index in [1.54, 1.807) is 36.6 Å². The lowest BCUT2D eigenvalue weighted by atomic mass is 10.0. The fraction of sp³-hybridized carbons (Fsp3) is 0.250. The van der Waals surface area contributed by atoms with E-state index in [1.807, 2.05) is 37.4 Å². The number of alkyl halides is 3. The maximum absolute atomic E-state index is 14.4. The molecular formula is C28H26F3N6O+. The lowest BCUT2D eigenvalue weighted by Gasteiger charge is -2.36. The number of nitrogens with zero attached hydrogens (tertiary/aromatic N) is 5. The third-order valence-corrected chi connectivity index (χ3v) is 7.58. The summed E-state index contributed by atoms with van der Waals surface area (Å²) < 4.78 is 42.7. The van der Waals surface area contributed by atoms with Crippen LogP contribution < -0.4 is 14.7 Å². The Hall–Kier alpha value is -4.02. The molecule has 0 saturated carbocycles. The highest BCUT2D eigenvalue weighted by Crippen LogP contribution is 2.50. The summed E-state index contributed by atoms with van der Waals surface area (Å²) in [5.74, 6) is 0. The molecule has 10 heteroatoms. The number of fused-ring (bicyclic) bond motifs is 3. The van der Waals surface area contributed by atoms with Gasteiger partial charge in [0.2, 0.25) is 0 Å². The topological polar surface area (TPSA) is 61.4 Å². The maximum Gasteiger partial charge on any atom is 0.431 e. The van der Waals surface area contributed by atoms with E-state index in [0.717, 1.165) is 17.2 Å². The number of piperazine rings is 1. The van der Waals surface area contributed by atoms with E-state index in [1.165, 1.54) is 6.07 Å². The van der Waals surface area contributed by atoms with Crippen molar-refractivity contribution in [2.45, 2.75) is 6.18 Å². The van der Waals surface area contributed by atoms with Crippen LogP contribution in [0.25, 0.3) is 22.0 Å². The Balaban J connectivity index is 1.52. The molecule has 4 aromatic rings. The molecule has 1 atom stereocenters. The first-order chi connectivity index (χ1) is 18.2. The molecule has 2 aliphatic rings. The molecule has 1 saturated heterocycles. The third-order valence-electron chi connectivity index (χ3n) is 7.58. The molecule has 0 radical (unpaired) electrons. The zero-order valence-electron chi connectivity index (χ0n) is 21.0. The monoisotopic (exact) mass is 519 g/mol. The normalized spacial score (nSPS) is 20.0. The summed E-state index contributed by atoms with van der Waals surface area (Å²) in [7, 11) is 3.58. The average Bonchev–Trinajstić information content (AvgIpc) is 3.19. The molecule has 38 heavy (non-hydrogen) atoms. The highest BCUT2D eigenvalue weighted by Gasteiger charge is 2.49. The lowest BCUT2D eigenvalue weighted by molar-refractivity contribution is -0.137. The minimum absolute atomic E-state index is 0.138. The van der Waals surface area contributed by atoms with Crippen LogP contribution in [0.1, 0.15) is 5.56 Å². The van der Waals surface area contributed by atoms with Crippen LogP contribution in [0, 0.1) is 0 Å². The molecule has 2 amide bonds. The van der Waals surface area contributed by atoms with Crippen molar-refractivity contribution in [1.29, 1.82) is 0 Å². The van der Waals surface area contributed by atoms with Crippen molar-refractivity contribution < 1.29 is 18.0 Å². The van der Waals surface area contributed by atoms with Crippen molar-refractivity contribution >= 4 is 39.7 Å². The van der Waals surface area contributed by atoms with Gasteiger partial charge in [0.1, 0.15) is 11.4 Å². The van der Waals surface area contributed by atoms with Crippen molar-refractivity contribution in [3.8, 4) is 11.1 Å². The Bertz CT molecular complexity index is 1550. The SMILES string of the molecule is CN1CCN(c2ccc([N+]3(C)C(=O)Nc4cnc5ccc(-c6cccnc6)cc5c43)cc2C(F)(F)F)CC1. The Kier molecular flexibility index (Phi) is 5.62. The van der Waals surface area contributed by atoms with Gasteiger partial charge in [-0.05, 0) is 36.9 Å². The van der Waals surface area contributed by atoms with Crippen LogP contribution in [0.4, 0.5) is 40.7 Å². The van der Waals surface area contributed by atoms with Crippen LogP contribution >= 0.6 is 0 Å². The summed E-state index contributed by atoms with van der Waals surface area (Å²) in [4.78, 5) is 26.0. The predicted octanol–water partition coefficient (Wildman–Crippen LogP) is 5.88. The van der Waals surface area contributed by atoms with Gasteiger partial charge in [0.25, 0.3) is 0 Å². The summed E-state index contributed by atoms with van der Waals surface area (Å²) in [5.41, 5.74) is 3.06. The molecule has 2 aromatic heterocycles. The zero-order valence-corrected chi connectivity index (χ0v) is 21.0. The number of nitrogens with one attached hydrogen (secondary N) is 1. The second-order valence-electron chi connectivity index (χ2n) is 9.92. The van der Waals surface area contributed by atoms with Gasteiger partial charge in [-0.15, -0.1) is 0 Å². The number of rotatable bonds is 3. The zero-order chi connectivity index (χ0) is 26.7. The number of hydrogen-bond donors (Lipinski definition) is 1. The van der Waals surface area contributed by atoms with E-state index in [-0.39, 0.29) is 11.4 Å². The van der Waals surface area contributed by atoms with Crippen LogP contribution in [0.2, 0.25) is 0 Å². The van der Waals surface area contributed by atoms with E-state index < -0.39 is 22.3 Å². The van der Waals surface area contributed by atoms with Crippen LogP contribution in [0.15, 0.2) is 67.1 Å². The lowest BCUT2D eigenvalue weighted by Crippen LogP contribution is -2.46. The number of benzene rings is 2. The highest BCUT2D eigenvalue weighted by molar-refractivity contribution is 6.18. The number of carbonyl (C=O) groups is 1. The molecule has 4 heterocycles. The van der Waals surface area contributed by atoms with E-state index in [9.17, 15) is 18.0 Å². The number of urea groups is 1. The van der Waals surface area contributed by atoms with Crippen molar-refractivity contribution in [2.24, 2.45) is 0 Å². The summed E-state index contributed by atoms with van der Waals surface area (Å²) in [6, 6.07) is 13.3. The van der Waals surface area contributed by atoms with Gasteiger partial charge < -0.3 is 9.80 Å². The minimum Gasteiger partial charge on any atom is -0.368 e. The van der Waals surface area contributed by atoms with Crippen molar-refractivity contribution in [3.05, 3.63) is 72.7 Å². The number of halogens is 3. The Morgan fingerprint density at radius 2 is 1.76 bits per heavy atom. The fourth-order valence-corrected chi connectivity index (χ4v) is 5.39. The summed E-state index contributed by atoms with van der Waals surface area (Å²) in [6.45, 7) is 2.37. The number of amides is 2.